The van der Waals surface area contributed by atoms with Crippen molar-refractivity contribution in [2.75, 3.05) is 4.90 Å². The van der Waals surface area contributed by atoms with Crippen LogP contribution < -0.4 is 4.90 Å². The van der Waals surface area contributed by atoms with Gasteiger partial charge in [0.1, 0.15) is 17.3 Å². The van der Waals surface area contributed by atoms with Crippen LogP contribution in [-0.4, -0.2) is 21.9 Å². The third-order valence-corrected chi connectivity index (χ3v) is 4.81. The van der Waals surface area contributed by atoms with Crippen molar-refractivity contribution < 1.29 is 24.2 Å². The van der Waals surface area contributed by atoms with Gasteiger partial charge in [-0.15, -0.1) is 0 Å². The number of ketones is 1. The average molecular weight is 389 g/mol. The zero-order chi connectivity index (χ0) is 20.5. The minimum absolute atomic E-state index is 0.00736. The molecule has 0 radical (unpaired) electrons. The van der Waals surface area contributed by atoms with E-state index in [2.05, 4.69) is 0 Å². The van der Waals surface area contributed by atoms with E-state index in [0.717, 1.165) is 0 Å². The van der Waals surface area contributed by atoms with E-state index in [0.29, 0.717) is 16.8 Å². The molecule has 4 rings (SSSR count). The second kappa shape index (κ2) is 7.24. The number of benzene rings is 3. The van der Waals surface area contributed by atoms with Gasteiger partial charge in [0.05, 0.1) is 11.6 Å². The van der Waals surface area contributed by atoms with Crippen molar-refractivity contribution >= 4 is 23.1 Å². The Kier molecular flexibility index (Phi) is 4.60. The fraction of sp³-hybridized carbons (Fsp3) is 0.0435. The van der Waals surface area contributed by atoms with Crippen molar-refractivity contribution in [3.8, 4) is 5.75 Å². The van der Waals surface area contributed by atoms with Gasteiger partial charge in [0.2, 0.25) is 0 Å². The molecule has 1 atom stereocenters. The van der Waals surface area contributed by atoms with Gasteiger partial charge in [0.25, 0.3) is 11.7 Å². The molecule has 0 aromatic heterocycles. The smallest absolute Gasteiger partial charge is 0.300 e. The number of hydrogen-bond donors (Lipinski definition) is 2. The quantitative estimate of drug-likeness (QED) is 0.401. The number of nitrogens with zero attached hydrogens (tertiary/aromatic N) is 1. The average Bonchev–Trinajstić information content (AvgIpc) is 3.00. The number of carbonyl (C=O) groups excluding carboxylic acids is 2. The van der Waals surface area contributed by atoms with Crippen molar-refractivity contribution in [1.29, 1.82) is 0 Å². The highest BCUT2D eigenvalue weighted by atomic mass is 19.1. The molecule has 0 unspecified atom stereocenters. The molecule has 6 heteroatoms. The number of anilines is 1. The number of phenols is 1. The van der Waals surface area contributed by atoms with Crippen LogP contribution in [0, 0.1) is 5.82 Å². The zero-order valence-electron chi connectivity index (χ0n) is 15.1. The molecule has 0 saturated carbocycles. The van der Waals surface area contributed by atoms with E-state index in [4.69, 9.17) is 0 Å². The lowest BCUT2D eigenvalue weighted by molar-refractivity contribution is -0.132. The number of Topliss-reactive ketones (excluding diaryl/α,β-unsaturated/α-hetero) is 1. The minimum Gasteiger partial charge on any atom is -0.508 e. The molecule has 29 heavy (non-hydrogen) atoms. The lowest BCUT2D eigenvalue weighted by atomic mass is 9.95. The number of amides is 1. The summed E-state index contributed by atoms with van der Waals surface area (Å²) in [6.07, 6.45) is 0. The highest BCUT2D eigenvalue weighted by Gasteiger charge is 2.46. The van der Waals surface area contributed by atoms with Crippen LogP contribution in [0.25, 0.3) is 5.76 Å². The Morgan fingerprint density at radius 3 is 2.10 bits per heavy atom. The molecule has 0 bridgehead atoms. The number of carbonyl (C=O) groups is 2. The Labute approximate surface area is 166 Å². The van der Waals surface area contributed by atoms with E-state index in [1.165, 1.54) is 53.4 Å². The highest BCUT2D eigenvalue weighted by molar-refractivity contribution is 6.51. The second-order valence-electron chi connectivity index (χ2n) is 6.60. The molecular weight excluding hydrogens is 373 g/mol. The Morgan fingerprint density at radius 2 is 1.48 bits per heavy atom. The van der Waals surface area contributed by atoms with Gasteiger partial charge in [-0.1, -0.05) is 42.5 Å². The molecule has 3 aromatic carbocycles. The summed E-state index contributed by atoms with van der Waals surface area (Å²) in [7, 11) is 0. The van der Waals surface area contributed by atoms with Crippen molar-refractivity contribution in [3.63, 3.8) is 0 Å². The molecule has 0 spiro atoms. The van der Waals surface area contributed by atoms with E-state index in [9.17, 15) is 24.2 Å². The van der Waals surface area contributed by atoms with Crippen molar-refractivity contribution in [2.45, 2.75) is 6.04 Å². The van der Waals surface area contributed by atoms with Gasteiger partial charge in [-0.25, -0.2) is 4.39 Å². The van der Waals surface area contributed by atoms with Crippen LogP contribution in [-0.2, 0) is 9.59 Å². The summed E-state index contributed by atoms with van der Waals surface area (Å²) in [5.74, 6) is -2.41. The first kappa shape index (κ1) is 18.4. The van der Waals surface area contributed by atoms with Gasteiger partial charge < -0.3 is 10.2 Å². The summed E-state index contributed by atoms with van der Waals surface area (Å²) in [6.45, 7) is 0. The Hall–Kier alpha value is -3.93. The lowest BCUT2D eigenvalue weighted by Crippen LogP contribution is -2.29. The molecule has 1 saturated heterocycles. The van der Waals surface area contributed by atoms with Crippen LogP contribution in [0.15, 0.2) is 84.4 Å². The van der Waals surface area contributed by atoms with E-state index < -0.39 is 23.5 Å². The summed E-state index contributed by atoms with van der Waals surface area (Å²) in [5, 5.41) is 20.4. The minimum atomic E-state index is -0.944. The monoisotopic (exact) mass is 389 g/mol. The second-order valence-corrected chi connectivity index (χ2v) is 6.60. The predicted octanol–water partition coefficient (Wildman–Crippen LogP) is 4.16. The maximum absolute atomic E-state index is 13.5. The van der Waals surface area contributed by atoms with Gasteiger partial charge in [0, 0.05) is 11.3 Å². The largest absolute Gasteiger partial charge is 0.508 e. The third kappa shape index (κ3) is 3.25. The van der Waals surface area contributed by atoms with Gasteiger partial charge in [0.15, 0.2) is 0 Å². The zero-order valence-corrected chi connectivity index (χ0v) is 15.1. The number of rotatable bonds is 3. The number of aromatic hydroxyl groups is 1. The topological polar surface area (TPSA) is 77.8 Å². The molecule has 1 amide bonds. The summed E-state index contributed by atoms with van der Waals surface area (Å²) < 4.78 is 13.5. The SMILES string of the molecule is O=C1C(=O)N(c2ccc(O)cc2)[C@@H](c2ccc(F)cc2)C1=C(O)c1ccccc1. The number of aliphatic hydroxyl groups is 1. The fourth-order valence-corrected chi connectivity index (χ4v) is 3.42. The first-order chi connectivity index (χ1) is 14.0. The molecule has 5 nitrogen and oxygen atoms in total. The molecule has 1 aliphatic rings. The number of phenolic OH excluding ortho intramolecular Hbond substituents is 1. The summed E-state index contributed by atoms with van der Waals surface area (Å²) in [4.78, 5) is 27.0. The lowest BCUT2D eigenvalue weighted by Gasteiger charge is -2.25. The van der Waals surface area contributed by atoms with Gasteiger partial charge in [-0.2, -0.15) is 0 Å². The van der Waals surface area contributed by atoms with Gasteiger partial charge in [-0.05, 0) is 42.0 Å². The van der Waals surface area contributed by atoms with Crippen LogP contribution in [0.4, 0.5) is 10.1 Å². The first-order valence-electron chi connectivity index (χ1n) is 8.88. The normalized spacial score (nSPS) is 18.2. The van der Waals surface area contributed by atoms with Crippen molar-refractivity contribution in [1.82, 2.24) is 0 Å². The Balaban J connectivity index is 1.94. The fourth-order valence-electron chi connectivity index (χ4n) is 3.42. The predicted molar refractivity (Wildman–Crippen MR) is 106 cm³/mol. The maximum Gasteiger partial charge on any atom is 0.300 e. The third-order valence-electron chi connectivity index (χ3n) is 4.81. The van der Waals surface area contributed by atoms with E-state index in [1.54, 1.807) is 30.3 Å². The molecule has 1 heterocycles. The molecule has 144 valence electrons. The number of halogens is 1. The first-order valence-corrected chi connectivity index (χ1v) is 8.88. The van der Waals surface area contributed by atoms with Crippen LogP contribution in [0.3, 0.4) is 0 Å². The molecule has 2 N–H and O–H groups in total. The van der Waals surface area contributed by atoms with Gasteiger partial charge in [-0.3, -0.25) is 14.5 Å². The molecule has 3 aromatic rings. The van der Waals surface area contributed by atoms with Crippen LogP contribution in [0.2, 0.25) is 0 Å². The van der Waals surface area contributed by atoms with E-state index in [1.807, 2.05) is 0 Å². The highest BCUT2D eigenvalue weighted by Crippen LogP contribution is 2.42. The molecular formula is C23H16FNO4. The van der Waals surface area contributed by atoms with Crippen LogP contribution in [0.5, 0.6) is 5.75 Å². The molecule has 1 fully saturated rings. The van der Waals surface area contributed by atoms with E-state index >= 15 is 0 Å². The molecule has 1 aliphatic heterocycles. The van der Waals surface area contributed by atoms with E-state index in [-0.39, 0.29) is 17.1 Å². The summed E-state index contributed by atoms with van der Waals surface area (Å²) in [5.41, 5.74) is 1.15. The maximum atomic E-state index is 13.5. The molecule has 0 aliphatic carbocycles. The van der Waals surface area contributed by atoms with Crippen molar-refractivity contribution in [3.05, 3.63) is 101 Å². The van der Waals surface area contributed by atoms with Crippen LogP contribution in [0.1, 0.15) is 17.2 Å². The number of aliphatic hydroxyl groups excluding tert-OH is 1. The Morgan fingerprint density at radius 1 is 0.862 bits per heavy atom. The summed E-state index contributed by atoms with van der Waals surface area (Å²) in [6, 6.07) is 18.7. The van der Waals surface area contributed by atoms with Crippen molar-refractivity contribution in [2.24, 2.45) is 0 Å². The summed E-state index contributed by atoms with van der Waals surface area (Å²) >= 11 is 0. The Bertz CT molecular complexity index is 1110. The standard InChI is InChI=1S/C23H16FNO4/c24-16-8-6-14(7-9-16)20-19(21(27)15-4-2-1-3-5-15)22(28)23(29)25(20)17-10-12-18(26)13-11-17/h1-13,20,26-27H/t20-/m0/s1. The number of hydrogen-bond acceptors (Lipinski definition) is 4. The van der Waals surface area contributed by atoms with Gasteiger partial charge >= 0.3 is 0 Å². The van der Waals surface area contributed by atoms with Crippen LogP contribution >= 0.6 is 0 Å².